The second-order valence-electron chi connectivity index (χ2n) is 4.12. The van der Waals surface area contributed by atoms with E-state index in [1.54, 1.807) is 0 Å². The number of benzene rings is 1. The molecule has 1 amide bonds. The molecule has 0 bridgehead atoms. The number of hydrogen-bond donors (Lipinski definition) is 2. The molecule has 3 N–H and O–H groups in total. The van der Waals surface area contributed by atoms with Crippen molar-refractivity contribution in [3.8, 4) is 0 Å². The smallest absolute Gasteiger partial charge is 0.243 e. The zero-order valence-corrected chi connectivity index (χ0v) is 10.9. The van der Waals surface area contributed by atoms with Gasteiger partial charge in [0.25, 0.3) is 0 Å². The second-order valence-corrected chi connectivity index (χ2v) is 4.51. The van der Waals surface area contributed by atoms with Gasteiger partial charge in [-0.2, -0.15) is 0 Å². The molecule has 6 heteroatoms. The lowest BCUT2D eigenvalue weighted by Crippen LogP contribution is -2.19. The number of imidazole rings is 1. The molecule has 0 aliphatic carbocycles. The molecule has 2 rings (SSSR count). The van der Waals surface area contributed by atoms with E-state index in [1.165, 1.54) is 5.56 Å². The number of carbonyl (C=O) groups is 1. The Hall–Kier alpha value is -1.66. The topological polar surface area (TPSA) is 73.0 Å². The van der Waals surface area contributed by atoms with Gasteiger partial charge in [0.05, 0.1) is 17.6 Å². The lowest BCUT2D eigenvalue weighted by molar-refractivity contribution is -0.122. The SMILES string of the molecule is Cc1ccc2[nH]c(=S)n(CCOCC(N)=O)c2c1. The number of nitrogens with one attached hydrogen (secondary N) is 1. The summed E-state index contributed by atoms with van der Waals surface area (Å²) in [6.45, 7) is 2.96. The molecule has 2 aromatic rings. The van der Waals surface area contributed by atoms with Crippen LogP contribution in [0, 0.1) is 11.7 Å². The van der Waals surface area contributed by atoms with Crippen LogP contribution in [0.15, 0.2) is 18.2 Å². The number of hydrogen-bond acceptors (Lipinski definition) is 3. The monoisotopic (exact) mass is 265 g/mol. The molecule has 0 aliphatic rings. The first kappa shape index (κ1) is 12.8. The van der Waals surface area contributed by atoms with Gasteiger partial charge in [0.2, 0.25) is 5.91 Å². The van der Waals surface area contributed by atoms with Crippen molar-refractivity contribution in [3.63, 3.8) is 0 Å². The summed E-state index contributed by atoms with van der Waals surface area (Å²) in [4.78, 5) is 13.7. The van der Waals surface area contributed by atoms with Crippen LogP contribution in [0.25, 0.3) is 11.0 Å². The number of H-pyrrole nitrogens is 1. The maximum Gasteiger partial charge on any atom is 0.243 e. The van der Waals surface area contributed by atoms with E-state index < -0.39 is 5.91 Å². The van der Waals surface area contributed by atoms with Crippen molar-refractivity contribution in [2.24, 2.45) is 5.73 Å². The van der Waals surface area contributed by atoms with Crippen molar-refractivity contribution in [1.29, 1.82) is 0 Å². The quantitative estimate of drug-likeness (QED) is 0.635. The predicted molar refractivity (Wildman–Crippen MR) is 71.9 cm³/mol. The van der Waals surface area contributed by atoms with Crippen LogP contribution >= 0.6 is 12.2 Å². The molecule has 1 heterocycles. The maximum absolute atomic E-state index is 10.5. The molecular weight excluding hydrogens is 250 g/mol. The number of primary amides is 1. The normalized spacial score (nSPS) is 10.9. The van der Waals surface area contributed by atoms with Gasteiger partial charge >= 0.3 is 0 Å². The van der Waals surface area contributed by atoms with E-state index in [0.29, 0.717) is 17.9 Å². The molecule has 96 valence electrons. The summed E-state index contributed by atoms with van der Waals surface area (Å²) in [7, 11) is 0. The van der Waals surface area contributed by atoms with Crippen LogP contribution in [0.4, 0.5) is 0 Å². The van der Waals surface area contributed by atoms with E-state index in [0.717, 1.165) is 11.0 Å². The predicted octanol–water partition coefficient (Wildman–Crippen LogP) is 1.51. The zero-order valence-electron chi connectivity index (χ0n) is 10.1. The van der Waals surface area contributed by atoms with Crippen molar-refractivity contribution in [2.75, 3.05) is 13.2 Å². The fourth-order valence-electron chi connectivity index (χ4n) is 1.81. The van der Waals surface area contributed by atoms with Crippen LogP contribution in [0.2, 0.25) is 0 Å². The number of fused-ring (bicyclic) bond motifs is 1. The van der Waals surface area contributed by atoms with Gasteiger partial charge in [-0.1, -0.05) is 6.07 Å². The summed E-state index contributed by atoms with van der Waals surface area (Å²) >= 11 is 5.26. The van der Waals surface area contributed by atoms with Crippen molar-refractivity contribution < 1.29 is 9.53 Å². The molecule has 0 saturated carbocycles. The highest BCUT2D eigenvalue weighted by molar-refractivity contribution is 7.71. The Morgan fingerprint density at radius 2 is 2.33 bits per heavy atom. The zero-order chi connectivity index (χ0) is 13.1. The van der Waals surface area contributed by atoms with Gasteiger partial charge in [-0.15, -0.1) is 0 Å². The van der Waals surface area contributed by atoms with Gasteiger partial charge in [0, 0.05) is 6.54 Å². The molecule has 0 fully saturated rings. The summed E-state index contributed by atoms with van der Waals surface area (Å²) in [5.41, 5.74) is 8.21. The van der Waals surface area contributed by atoms with Crippen LogP contribution < -0.4 is 5.73 Å². The number of aromatic amines is 1. The Morgan fingerprint density at radius 1 is 1.56 bits per heavy atom. The Balaban J connectivity index is 2.17. The number of carbonyl (C=O) groups excluding carboxylic acids is 1. The molecule has 1 aromatic carbocycles. The molecule has 0 spiro atoms. The van der Waals surface area contributed by atoms with Crippen molar-refractivity contribution in [1.82, 2.24) is 9.55 Å². The molecule has 0 atom stereocenters. The van der Waals surface area contributed by atoms with Gasteiger partial charge < -0.3 is 20.0 Å². The first-order valence-corrected chi connectivity index (χ1v) is 6.04. The van der Waals surface area contributed by atoms with E-state index >= 15 is 0 Å². The second kappa shape index (κ2) is 5.32. The molecule has 0 aliphatic heterocycles. The maximum atomic E-state index is 10.5. The number of rotatable bonds is 5. The minimum absolute atomic E-state index is 0.0608. The largest absolute Gasteiger partial charge is 0.370 e. The fraction of sp³-hybridized carbons (Fsp3) is 0.333. The van der Waals surface area contributed by atoms with Crippen molar-refractivity contribution in [3.05, 3.63) is 28.5 Å². The van der Waals surface area contributed by atoms with Gasteiger partial charge in [0.1, 0.15) is 6.61 Å². The molecule has 1 aromatic heterocycles. The number of ether oxygens (including phenoxy) is 1. The summed E-state index contributed by atoms with van der Waals surface area (Å²) < 4.78 is 7.76. The molecule has 18 heavy (non-hydrogen) atoms. The number of amides is 1. The summed E-state index contributed by atoms with van der Waals surface area (Å²) in [5, 5.41) is 0. The van der Waals surface area contributed by atoms with Crippen LogP contribution in [-0.2, 0) is 16.1 Å². The first-order chi connectivity index (χ1) is 8.58. The third kappa shape index (κ3) is 2.77. The minimum Gasteiger partial charge on any atom is -0.370 e. The summed E-state index contributed by atoms with van der Waals surface area (Å²) in [6.07, 6.45) is 0. The third-order valence-corrected chi connectivity index (χ3v) is 2.96. The highest BCUT2D eigenvalue weighted by Crippen LogP contribution is 2.15. The molecule has 0 unspecified atom stereocenters. The molecular formula is C12H15N3O2S. The average molecular weight is 265 g/mol. The molecule has 0 radical (unpaired) electrons. The highest BCUT2D eigenvalue weighted by atomic mass is 32.1. The fourth-order valence-corrected chi connectivity index (χ4v) is 2.11. The van der Waals surface area contributed by atoms with E-state index in [2.05, 4.69) is 11.1 Å². The first-order valence-electron chi connectivity index (χ1n) is 5.63. The van der Waals surface area contributed by atoms with Crippen LogP contribution in [0.3, 0.4) is 0 Å². The van der Waals surface area contributed by atoms with Crippen LogP contribution in [0.1, 0.15) is 5.56 Å². The minimum atomic E-state index is -0.464. The van der Waals surface area contributed by atoms with E-state index in [9.17, 15) is 4.79 Å². The van der Waals surface area contributed by atoms with Gasteiger partial charge in [0.15, 0.2) is 4.77 Å². The highest BCUT2D eigenvalue weighted by Gasteiger charge is 2.04. The van der Waals surface area contributed by atoms with E-state index in [-0.39, 0.29) is 6.61 Å². The standard InChI is InChI=1S/C12H15N3O2S/c1-8-2-3-9-10(6-8)15(12(18)14-9)4-5-17-7-11(13)16/h2-3,6H,4-5,7H2,1H3,(H2,13,16)(H,14,18). The summed E-state index contributed by atoms with van der Waals surface area (Å²) in [6, 6.07) is 6.10. The lowest BCUT2D eigenvalue weighted by Gasteiger charge is -2.05. The van der Waals surface area contributed by atoms with E-state index in [4.69, 9.17) is 22.7 Å². The van der Waals surface area contributed by atoms with Crippen LogP contribution in [-0.4, -0.2) is 28.7 Å². The van der Waals surface area contributed by atoms with Gasteiger partial charge in [-0.05, 0) is 36.8 Å². The number of aromatic nitrogens is 2. The summed E-state index contributed by atoms with van der Waals surface area (Å²) in [5.74, 6) is -0.464. The third-order valence-electron chi connectivity index (χ3n) is 2.63. The Morgan fingerprint density at radius 3 is 3.06 bits per heavy atom. The van der Waals surface area contributed by atoms with Gasteiger partial charge in [-0.3, -0.25) is 4.79 Å². The molecule has 0 saturated heterocycles. The van der Waals surface area contributed by atoms with Crippen molar-refractivity contribution >= 4 is 29.2 Å². The lowest BCUT2D eigenvalue weighted by atomic mass is 10.2. The van der Waals surface area contributed by atoms with Crippen molar-refractivity contribution in [2.45, 2.75) is 13.5 Å². The number of nitrogens with zero attached hydrogens (tertiary/aromatic N) is 1. The average Bonchev–Trinajstić information content (AvgIpc) is 2.60. The Bertz CT molecular complexity index is 630. The number of aryl methyl sites for hydroxylation is 1. The van der Waals surface area contributed by atoms with E-state index in [1.807, 2.05) is 23.6 Å². The van der Waals surface area contributed by atoms with Gasteiger partial charge in [-0.25, -0.2) is 0 Å². The molecule has 5 nitrogen and oxygen atoms in total. The Labute approximate surface area is 110 Å². The Kier molecular flexibility index (Phi) is 3.78. The number of nitrogens with two attached hydrogens (primary N) is 1. The van der Waals surface area contributed by atoms with Crippen LogP contribution in [0.5, 0.6) is 0 Å².